The van der Waals surface area contributed by atoms with Crippen molar-refractivity contribution in [3.63, 3.8) is 0 Å². The van der Waals surface area contributed by atoms with Gasteiger partial charge in [0.05, 0.1) is 6.04 Å². The van der Waals surface area contributed by atoms with Gasteiger partial charge in [-0.15, -0.1) is 0 Å². The van der Waals surface area contributed by atoms with E-state index in [0.717, 1.165) is 25.7 Å². The predicted octanol–water partition coefficient (Wildman–Crippen LogP) is 0.0740. The fourth-order valence-electron chi connectivity index (χ4n) is 4.36. The SMILES string of the molecule is [O-][n+]1onc2c1CC[C@@H]1N(O)[C@@H]3CCCC[C@@H]3[C@@]21O. The van der Waals surface area contributed by atoms with Gasteiger partial charge in [0, 0.05) is 23.5 Å². The number of hydrogen-bond acceptors (Lipinski definition) is 6. The van der Waals surface area contributed by atoms with Crippen LogP contribution in [0.4, 0.5) is 0 Å². The standard InChI is InChI=1S/C12H17N3O4/c16-12-7-3-1-2-4-8(7)14(17)10(12)6-5-9-11(12)13-19-15(9)18/h7-8,10,16-17H,1-6H2/t7-,8+,10-,12-/m0/s1. The Morgan fingerprint density at radius 3 is 3.00 bits per heavy atom. The van der Waals surface area contributed by atoms with Crippen LogP contribution in [-0.2, 0) is 12.0 Å². The molecule has 3 aliphatic rings. The third kappa shape index (κ3) is 1.28. The van der Waals surface area contributed by atoms with E-state index in [0.29, 0.717) is 29.1 Å². The number of fused-ring (bicyclic) bond motifs is 5. The highest BCUT2D eigenvalue weighted by Crippen LogP contribution is 2.53. The zero-order chi connectivity index (χ0) is 13.2. The van der Waals surface area contributed by atoms with E-state index in [1.165, 1.54) is 5.06 Å². The second-order valence-electron chi connectivity index (χ2n) is 5.94. The van der Waals surface area contributed by atoms with Crippen LogP contribution in [0.3, 0.4) is 0 Å². The first kappa shape index (κ1) is 11.6. The van der Waals surface area contributed by atoms with Crippen molar-refractivity contribution in [2.24, 2.45) is 5.92 Å². The average molecular weight is 267 g/mol. The summed E-state index contributed by atoms with van der Waals surface area (Å²) in [6.07, 6.45) is 4.86. The van der Waals surface area contributed by atoms with Crippen molar-refractivity contribution in [2.75, 3.05) is 0 Å². The lowest BCUT2D eigenvalue weighted by molar-refractivity contribution is -0.808. The fourth-order valence-corrected chi connectivity index (χ4v) is 4.36. The van der Waals surface area contributed by atoms with E-state index in [1.807, 2.05) is 0 Å². The van der Waals surface area contributed by atoms with Crippen molar-refractivity contribution >= 4 is 0 Å². The molecule has 0 unspecified atom stereocenters. The molecule has 0 spiro atoms. The van der Waals surface area contributed by atoms with E-state index >= 15 is 0 Å². The Balaban J connectivity index is 1.86. The topological polar surface area (TPSA) is 96.7 Å². The van der Waals surface area contributed by atoms with Gasteiger partial charge in [0.2, 0.25) is 5.69 Å². The van der Waals surface area contributed by atoms with Gasteiger partial charge in [-0.3, -0.25) is 4.63 Å². The maximum Gasteiger partial charge on any atom is 0.254 e. The number of aromatic nitrogens is 2. The maximum atomic E-state index is 11.5. The highest BCUT2D eigenvalue weighted by Gasteiger charge is 2.65. The Morgan fingerprint density at radius 1 is 1.37 bits per heavy atom. The quantitative estimate of drug-likeness (QED) is 0.646. The molecule has 1 saturated heterocycles. The molecule has 1 aromatic rings. The van der Waals surface area contributed by atoms with Crippen molar-refractivity contribution in [1.82, 2.24) is 10.2 Å². The molecule has 1 saturated carbocycles. The van der Waals surface area contributed by atoms with Crippen LogP contribution >= 0.6 is 0 Å². The van der Waals surface area contributed by atoms with E-state index in [9.17, 15) is 15.5 Å². The van der Waals surface area contributed by atoms with Gasteiger partial charge in [0.25, 0.3) is 5.69 Å². The van der Waals surface area contributed by atoms with Crippen molar-refractivity contribution < 1.29 is 19.8 Å². The minimum atomic E-state index is -1.24. The molecule has 4 rings (SSSR count). The second kappa shape index (κ2) is 3.68. The van der Waals surface area contributed by atoms with Crippen LogP contribution in [0.2, 0.25) is 0 Å². The third-order valence-corrected chi connectivity index (χ3v) is 5.20. The first-order chi connectivity index (χ1) is 9.14. The van der Waals surface area contributed by atoms with Crippen molar-refractivity contribution in [2.45, 2.75) is 56.2 Å². The summed E-state index contributed by atoms with van der Waals surface area (Å²) in [6.45, 7) is 0. The third-order valence-electron chi connectivity index (χ3n) is 5.20. The molecule has 2 N–H and O–H groups in total. The van der Waals surface area contributed by atoms with E-state index in [4.69, 9.17) is 0 Å². The molecule has 0 amide bonds. The van der Waals surface area contributed by atoms with Gasteiger partial charge < -0.3 is 15.5 Å². The summed E-state index contributed by atoms with van der Waals surface area (Å²) in [5, 5.41) is 38.1. The molecule has 1 aliphatic heterocycles. The molecule has 7 heteroatoms. The molecular formula is C12H17N3O4. The highest BCUT2D eigenvalue weighted by atomic mass is 16.8. The molecule has 104 valence electrons. The first-order valence-electron chi connectivity index (χ1n) is 6.92. The second-order valence-corrected chi connectivity index (χ2v) is 5.94. The molecule has 4 atom stereocenters. The van der Waals surface area contributed by atoms with E-state index in [2.05, 4.69) is 9.79 Å². The molecule has 7 nitrogen and oxygen atoms in total. The summed E-state index contributed by atoms with van der Waals surface area (Å²) in [7, 11) is 0. The molecule has 0 bridgehead atoms. The summed E-state index contributed by atoms with van der Waals surface area (Å²) < 4.78 is 4.66. The van der Waals surface area contributed by atoms with Crippen LogP contribution in [-0.4, -0.2) is 32.6 Å². The molecule has 2 aliphatic carbocycles. The van der Waals surface area contributed by atoms with Crippen LogP contribution in [0.1, 0.15) is 43.5 Å². The zero-order valence-electron chi connectivity index (χ0n) is 10.5. The number of hydroxylamine groups is 2. The Bertz CT molecular complexity index is 519. The van der Waals surface area contributed by atoms with Crippen LogP contribution in [0.5, 0.6) is 0 Å². The molecule has 1 aromatic heterocycles. The summed E-state index contributed by atoms with van der Waals surface area (Å²) in [4.78, 5) is 0.390. The number of rotatable bonds is 0. The van der Waals surface area contributed by atoms with Gasteiger partial charge in [0.15, 0.2) is 5.60 Å². The van der Waals surface area contributed by atoms with Crippen molar-refractivity contribution in [3.05, 3.63) is 16.6 Å². The normalized spacial score (nSPS) is 41.7. The number of hydrogen-bond donors (Lipinski definition) is 2. The lowest BCUT2D eigenvalue weighted by Gasteiger charge is -2.35. The van der Waals surface area contributed by atoms with Crippen LogP contribution in [0.25, 0.3) is 0 Å². The van der Waals surface area contributed by atoms with Crippen molar-refractivity contribution in [1.29, 1.82) is 0 Å². The molecule has 0 aromatic carbocycles. The highest BCUT2D eigenvalue weighted by molar-refractivity contribution is 5.27. The van der Waals surface area contributed by atoms with Gasteiger partial charge in [0.1, 0.15) is 0 Å². The molecule has 2 fully saturated rings. The van der Waals surface area contributed by atoms with E-state index < -0.39 is 5.60 Å². The minimum Gasteiger partial charge on any atom is -0.379 e. The lowest BCUT2D eigenvalue weighted by atomic mass is 9.70. The molecular weight excluding hydrogens is 250 g/mol. The lowest BCUT2D eigenvalue weighted by Crippen LogP contribution is -2.49. The fraction of sp³-hybridized carbons (Fsp3) is 0.833. The maximum absolute atomic E-state index is 11.5. The summed E-state index contributed by atoms with van der Waals surface area (Å²) in [5.74, 6) is -0.0691. The van der Waals surface area contributed by atoms with Gasteiger partial charge in [-0.05, 0) is 24.2 Å². The summed E-state index contributed by atoms with van der Waals surface area (Å²) in [6, 6.07) is -0.412. The Morgan fingerprint density at radius 2 is 2.16 bits per heavy atom. The minimum absolute atomic E-state index is 0.0356. The smallest absolute Gasteiger partial charge is 0.254 e. The molecule has 0 radical (unpaired) electrons. The van der Waals surface area contributed by atoms with Gasteiger partial charge in [-0.2, -0.15) is 5.06 Å². The number of aliphatic hydroxyl groups is 1. The summed E-state index contributed by atoms with van der Waals surface area (Å²) in [5.41, 5.74) is -0.488. The average Bonchev–Trinajstić information content (AvgIpc) is 2.90. The Hall–Kier alpha value is -1.18. The van der Waals surface area contributed by atoms with Crippen LogP contribution in [0.15, 0.2) is 4.63 Å². The summed E-state index contributed by atoms with van der Waals surface area (Å²) >= 11 is 0. The van der Waals surface area contributed by atoms with Crippen molar-refractivity contribution in [3.8, 4) is 0 Å². The van der Waals surface area contributed by atoms with Crippen LogP contribution in [0, 0.1) is 11.1 Å². The predicted molar refractivity (Wildman–Crippen MR) is 60.8 cm³/mol. The van der Waals surface area contributed by atoms with Crippen LogP contribution < -0.4 is 4.90 Å². The number of nitrogens with zero attached hydrogens (tertiary/aromatic N) is 3. The zero-order valence-corrected chi connectivity index (χ0v) is 10.5. The molecule has 2 heterocycles. The van der Waals surface area contributed by atoms with E-state index in [1.54, 1.807) is 0 Å². The molecule has 19 heavy (non-hydrogen) atoms. The largest absolute Gasteiger partial charge is 0.379 e. The Kier molecular flexibility index (Phi) is 2.25. The Labute approximate surface area is 109 Å². The van der Waals surface area contributed by atoms with Gasteiger partial charge in [-0.1, -0.05) is 12.8 Å². The monoisotopic (exact) mass is 267 g/mol. The van der Waals surface area contributed by atoms with Gasteiger partial charge >= 0.3 is 0 Å². The first-order valence-corrected chi connectivity index (χ1v) is 6.92. The van der Waals surface area contributed by atoms with Gasteiger partial charge in [-0.25, -0.2) is 0 Å². The van der Waals surface area contributed by atoms with E-state index in [-0.39, 0.29) is 18.0 Å².